The van der Waals surface area contributed by atoms with Crippen molar-refractivity contribution in [2.45, 2.75) is 37.6 Å². The van der Waals surface area contributed by atoms with Gasteiger partial charge in [-0.1, -0.05) is 24.3 Å². The van der Waals surface area contributed by atoms with Crippen molar-refractivity contribution in [1.82, 2.24) is 19.2 Å². The fourth-order valence-electron chi connectivity index (χ4n) is 4.14. The zero-order chi connectivity index (χ0) is 24.3. The summed E-state index contributed by atoms with van der Waals surface area (Å²) in [5.41, 5.74) is 2.34. The third-order valence-electron chi connectivity index (χ3n) is 6.26. The van der Waals surface area contributed by atoms with Crippen LogP contribution in [0.5, 0.6) is 0 Å². The first-order valence-electron chi connectivity index (χ1n) is 11.3. The van der Waals surface area contributed by atoms with Crippen LogP contribution in [0.4, 0.5) is 0 Å². The normalized spacial score (nSPS) is 16.2. The molecule has 2 aromatic carbocycles. The first-order chi connectivity index (χ1) is 16.3. The molecule has 3 aromatic rings. The number of ketones is 1. The zero-order valence-electron chi connectivity index (χ0n) is 19.2. The molecule has 1 aliphatic heterocycles. The summed E-state index contributed by atoms with van der Waals surface area (Å²) in [6.45, 7) is 3.87. The van der Waals surface area contributed by atoms with Crippen LogP contribution >= 0.6 is 0 Å². The van der Waals surface area contributed by atoms with Gasteiger partial charge in [-0.2, -0.15) is 4.31 Å². The third-order valence-corrected chi connectivity index (χ3v) is 8.15. The minimum Gasteiger partial charge on any atom is -0.349 e. The Hall–Kier alpha value is -3.30. The van der Waals surface area contributed by atoms with Gasteiger partial charge in [0.2, 0.25) is 15.9 Å². The molecule has 1 N–H and O–H groups in total. The first kappa shape index (κ1) is 23.8. The fourth-order valence-corrected chi connectivity index (χ4v) is 5.66. The van der Waals surface area contributed by atoms with Gasteiger partial charge in [0.1, 0.15) is 0 Å². The van der Waals surface area contributed by atoms with Crippen LogP contribution in [-0.2, 0) is 14.8 Å². The van der Waals surface area contributed by atoms with E-state index in [-0.39, 0.29) is 41.6 Å². The molecule has 34 heavy (non-hydrogen) atoms. The lowest BCUT2D eigenvalue weighted by molar-refractivity contribution is -0.126. The van der Waals surface area contributed by atoms with Gasteiger partial charge in [-0.05, 0) is 56.5 Å². The van der Waals surface area contributed by atoms with Crippen LogP contribution in [0.1, 0.15) is 48.7 Å². The largest absolute Gasteiger partial charge is 0.349 e. The number of rotatable bonds is 7. The van der Waals surface area contributed by atoms with E-state index in [0.29, 0.717) is 18.4 Å². The van der Waals surface area contributed by atoms with E-state index in [1.54, 1.807) is 24.7 Å². The Kier molecular flexibility index (Phi) is 6.95. The number of carbonyl (C=O) groups is 2. The highest BCUT2D eigenvalue weighted by atomic mass is 32.2. The Balaban J connectivity index is 1.34. The molecule has 2 heterocycles. The highest BCUT2D eigenvalue weighted by molar-refractivity contribution is 7.89. The predicted molar refractivity (Wildman–Crippen MR) is 128 cm³/mol. The Morgan fingerprint density at radius 3 is 2.41 bits per heavy atom. The molecule has 1 aromatic heterocycles. The highest BCUT2D eigenvalue weighted by Gasteiger charge is 2.32. The number of nitrogens with one attached hydrogen (secondary N) is 1. The molecule has 0 saturated carbocycles. The van der Waals surface area contributed by atoms with Crippen LogP contribution in [-0.4, -0.2) is 47.1 Å². The quantitative estimate of drug-likeness (QED) is 0.523. The Bertz CT molecular complexity index is 1260. The Morgan fingerprint density at radius 1 is 1.09 bits per heavy atom. The van der Waals surface area contributed by atoms with Crippen LogP contribution in [0.3, 0.4) is 0 Å². The van der Waals surface area contributed by atoms with E-state index in [9.17, 15) is 18.0 Å². The Labute approximate surface area is 199 Å². The van der Waals surface area contributed by atoms with Crippen LogP contribution in [0, 0.1) is 5.92 Å². The summed E-state index contributed by atoms with van der Waals surface area (Å²) in [5.74, 6) is -0.498. The molecule has 0 unspecified atom stereocenters. The van der Waals surface area contributed by atoms with E-state index in [1.807, 2.05) is 42.0 Å². The molecule has 4 rings (SSSR count). The van der Waals surface area contributed by atoms with Crippen molar-refractivity contribution in [1.29, 1.82) is 0 Å². The average molecular weight is 481 g/mol. The molecular formula is C25H28N4O4S. The van der Waals surface area contributed by atoms with Gasteiger partial charge in [0, 0.05) is 42.7 Å². The summed E-state index contributed by atoms with van der Waals surface area (Å²) in [6, 6.07) is 13.8. The SMILES string of the molecule is CC(=O)c1cccc(S(=O)(=O)N2CCC(C(=O)N[C@H](C)c3ccc(-n4ccnc4)cc3)CC2)c1. The second-order valence-corrected chi connectivity index (χ2v) is 10.5. The molecule has 0 spiro atoms. The number of nitrogens with zero attached hydrogens (tertiary/aromatic N) is 3. The van der Waals surface area contributed by atoms with E-state index < -0.39 is 10.0 Å². The predicted octanol–water partition coefficient (Wildman–Crippen LogP) is 3.35. The lowest BCUT2D eigenvalue weighted by Crippen LogP contribution is -2.43. The molecular weight excluding hydrogens is 452 g/mol. The Morgan fingerprint density at radius 2 is 1.79 bits per heavy atom. The molecule has 0 aliphatic carbocycles. The van der Waals surface area contributed by atoms with Crippen LogP contribution in [0.25, 0.3) is 5.69 Å². The topological polar surface area (TPSA) is 101 Å². The summed E-state index contributed by atoms with van der Waals surface area (Å²) < 4.78 is 29.4. The van der Waals surface area contributed by atoms with Crippen molar-refractivity contribution >= 4 is 21.7 Å². The number of hydrogen-bond acceptors (Lipinski definition) is 5. The van der Waals surface area contributed by atoms with E-state index in [1.165, 1.54) is 23.4 Å². The van der Waals surface area contributed by atoms with Gasteiger partial charge >= 0.3 is 0 Å². The van der Waals surface area contributed by atoms with E-state index in [2.05, 4.69) is 10.3 Å². The number of aromatic nitrogens is 2. The smallest absolute Gasteiger partial charge is 0.243 e. The number of piperidine rings is 1. The lowest BCUT2D eigenvalue weighted by Gasteiger charge is -2.31. The average Bonchev–Trinajstić information content (AvgIpc) is 3.39. The standard InChI is InChI=1S/C25H28N4O4S/c1-18(20-6-8-23(9-7-20)28-15-12-26-17-28)27-25(31)21-10-13-29(14-11-21)34(32,33)24-5-3-4-22(16-24)19(2)30/h3-9,12,15-18,21H,10-11,13-14H2,1-2H3,(H,27,31)/t18-/m1/s1. The van der Waals surface area contributed by atoms with E-state index in [4.69, 9.17) is 0 Å². The fraction of sp³-hybridized carbons (Fsp3) is 0.320. The highest BCUT2D eigenvalue weighted by Crippen LogP contribution is 2.25. The summed E-state index contributed by atoms with van der Waals surface area (Å²) in [4.78, 5) is 28.6. The van der Waals surface area contributed by atoms with Crippen LogP contribution in [0.2, 0.25) is 0 Å². The second-order valence-electron chi connectivity index (χ2n) is 8.55. The van der Waals surface area contributed by atoms with E-state index in [0.717, 1.165) is 11.3 Å². The number of carbonyl (C=O) groups excluding carboxylic acids is 2. The summed E-state index contributed by atoms with van der Waals surface area (Å²) >= 11 is 0. The lowest BCUT2D eigenvalue weighted by atomic mass is 9.96. The molecule has 1 amide bonds. The number of hydrogen-bond donors (Lipinski definition) is 1. The summed E-state index contributed by atoms with van der Waals surface area (Å²) in [6.07, 6.45) is 6.21. The van der Waals surface area contributed by atoms with Crippen LogP contribution < -0.4 is 5.32 Å². The van der Waals surface area contributed by atoms with Crippen molar-refractivity contribution < 1.29 is 18.0 Å². The van der Waals surface area contributed by atoms with Gasteiger partial charge in [0.25, 0.3) is 0 Å². The van der Waals surface area contributed by atoms with Crippen LogP contribution in [0.15, 0.2) is 72.1 Å². The van der Waals surface area contributed by atoms with Gasteiger partial charge in [-0.3, -0.25) is 9.59 Å². The van der Waals surface area contributed by atoms with Gasteiger partial charge in [-0.25, -0.2) is 13.4 Å². The maximum absolute atomic E-state index is 13.0. The minimum absolute atomic E-state index is 0.0678. The van der Waals surface area contributed by atoms with Crippen molar-refractivity contribution in [3.05, 3.63) is 78.4 Å². The zero-order valence-corrected chi connectivity index (χ0v) is 20.0. The van der Waals surface area contributed by atoms with Gasteiger partial charge < -0.3 is 9.88 Å². The van der Waals surface area contributed by atoms with Gasteiger partial charge in [0.05, 0.1) is 17.3 Å². The van der Waals surface area contributed by atoms with Crippen molar-refractivity contribution in [2.75, 3.05) is 13.1 Å². The number of imidazole rings is 1. The molecule has 1 fully saturated rings. The molecule has 1 aliphatic rings. The first-order valence-corrected chi connectivity index (χ1v) is 12.7. The third kappa shape index (κ3) is 5.10. The number of Topliss-reactive ketones (excluding diaryl/α,β-unsaturated/α-hetero) is 1. The molecule has 178 valence electrons. The maximum Gasteiger partial charge on any atom is 0.243 e. The van der Waals surface area contributed by atoms with Gasteiger partial charge in [0.15, 0.2) is 5.78 Å². The van der Waals surface area contributed by atoms with E-state index >= 15 is 0 Å². The molecule has 0 bridgehead atoms. The molecule has 1 saturated heterocycles. The molecule has 0 radical (unpaired) electrons. The summed E-state index contributed by atoms with van der Waals surface area (Å²) in [5, 5.41) is 3.06. The maximum atomic E-state index is 13.0. The van der Waals surface area contributed by atoms with Crippen molar-refractivity contribution in [3.8, 4) is 5.69 Å². The molecule has 8 nitrogen and oxygen atoms in total. The minimum atomic E-state index is -3.71. The molecule has 9 heteroatoms. The van der Waals surface area contributed by atoms with Crippen molar-refractivity contribution in [2.24, 2.45) is 5.92 Å². The number of benzene rings is 2. The monoisotopic (exact) mass is 480 g/mol. The second kappa shape index (κ2) is 9.90. The summed E-state index contributed by atoms with van der Waals surface area (Å²) in [7, 11) is -3.71. The number of sulfonamides is 1. The van der Waals surface area contributed by atoms with Crippen molar-refractivity contribution in [3.63, 3.8) is 0 Å². The molecule has 1 atom stereocenters. The number of amides is 1. The van der Waals surface area contributed by atoms with Gasteiger partial charge in [-0.15, -0.1) is 0 Å².